The van der Waals surface area contributed by atoms with Crippen molar-refractivity contribution in [3.8, 4) is 5.75 Å². The molecular weight excluding hydrogens is 409 g/mol. The zero-order valence-electron chi connectivity index (χ0n) is 13.8. The molecule has 0 saturated heterocycles. The van der Waals surface area contributed by atoms with Gasteiger partial charge < -0.3 is 15.5 Å². The van der Waals surface area contributed by atoms with Crippen LogP contribution < -0.4 is 5.32 Å². The fourth-order valence-corrected chi connectivity index (χ4v) is 3.26. The number of aliphatic hydroxyl groups is 1. The van der Waals surface area contributed by atoms with Crippen molar-refractivity contribution in [1.29, 1.82) is 0 Å². The molecule has 0 aliphatic rings. The van der Waals surface area contributed by atoms with Gasteiger partial charge in [0.25, 0.3) is 5.91 Å². The molecule has 0 radical (unpaired) electrons. The number of hydrogen-bond donors (Lipinski definition) is 3. The Morgan fingerprint density at radius 1 is 0.852 bits per heavy atom. The topological polar surface area (TPSA) is 69.6 Å². The molecule has 3 aromatic carbocycles. The first-order valence-electron chi connectivity index (χ1n) is 7.86. The summed E-state index contributed by atoms with van der Waals surface area (Å²) in [6.45, 7) is 0. The number of carbonyl (C=O) groups excluding carboxylic acids is 1. The molecule has 0 aliphatic carbocycles. The minimum atomic E-state index is -2.01. The van der Waals surface area contributed by atoms with Crippen LogP contribution in [0.4, 0.5) is 5.69 Å². The van der Waals surface area contributed by atoms with Gasteiger partial charge in [-0.15, -0.1) is 0 Å². The van der Waals surface area contributed by atoms with Gasteiger partial charge in [-0.25, -0.2) is 0 Å². The Bertz CT molecular complexity index is 955. The predicted molar refractivity (Wildman–Crippen MR) is 108 cm³/mol. The normalized spacial score (nSPS) is 13.0. The van der Waals surface area contributed by atoms with Gasteiger partial charge in [0.1, 0.15) is 5.75 Å². The van der Waals surface area contributed by atoms with Crippen LogP contribution in [-0.2, 0) is 10.4 Å². The molecule has 7 heteroatoms. The van der Waals surface area contributed by atoms with Crippen LogP contribution >= 0.6 is 34.8 Å². The molecule has 138 valence electrons. The first kappa shape index (κ1) is 19.5. The van der Waals surface area contributed by atoms with E-state index in [1.165, 1.54) is 36.4 Å². The first-order valence-corrected chi connectivity index (χ1v) is 8.99. The van der Waals surface area contributed by atoms with Crippen LogP contribution in [0.15, 0.2) is 66.7 Å². The number of rotatable bonds is 4. The number of anilines is 1. The molecule has 0 aliphatic heterocycles. The average Bonchev–Trinajstić information content (AvgIpc) is 2.66. The molecule has 4 nitrogen and oxygen atoms in total. The van der Waals surface area contributed by atoms with Crippen LogP contribution in [0, 0.1) is 0 Å². The first-order chi connectivity index (χ1) is 12.8. The second-order valence-corrected chi connectivity index (χ2v) is 7.02. The van der Waals surface area contributed by atoms with E-state index in [0.29, 0.717) is 5.56 Å². The van der Waals surface area contributed by atoms with E-state index in [4.69, 9.17) is 34.8 Å². The van der Waals surface area contributed by atoms with E-state index < -0.39 is 11.5 Å². The molecule has 0 fully saturated rings. The van der Waals surface area contributed by atoms with Gasteiger partial charge in [0.2, 0.25) is 0 Å². The Balaban J connectivity index is 2.05. The lowest BCUT2D eigenvalue weighted by atomic mass is 9.85. The van der Waals surface area contributed by atoms with E-state index in [1.807, 2.05) is 0 Å². The van der Waals surface area contributed by atoms with Crippen molar-refractivity contribution in [1.82, 2.24) is 0 Å². The summed E-state index contributed by atoms with van der Waals surface area (Å²) in [5, 5.41) is 24.1. The summed E-state index contributed by atoms with van der Waals surface area (Å²) in [6, 6.07) is 17.1. The van der Waals surface area contributed by atoms with E-state index in [0.717, 1.165) is 0 Å². The average molecular weight is 423 g/mol. The number of halogens is 3. The molecule has 0 spiro atoms. The number of phenols is 1. The molecule has 1 atom stereocenters. The molecule has 0 saturated carbocycles. The van der Waals surface area contributed by atoms with Crippen LogP contribution in [0.3, 0.4) is 0 Å². The number of nitrogens with one attached hydrogen (secondary N) is 1. The zero-order chi connectivity index (χ0) is 19.6. The highest BCUT2D eigenvalue weighted by atomic mass is 35.5. The minimum Gasteiger partial charge on any atom is -0.508 e. The standard InChI is InChI=1S/C20H14Cl3NO3/c21-16-10-14(11-17(22)18(16)23)24-19(26)20(27,12-4-2-1-3-5-12)13-6-8-15(25)9-7-13/h1-11,25,27H,(H,24,26). The lowest BCUT2D eigenvalue weighted by molar-refractivity contribution is -0.131. The van der Waals surface area contributed by atoms with Gasteiger partial charge in [-0.3, -0.25) is 4.79 Å². The second-order valence-electron chi connectivity index (χ2n) is 5.83. The number of carbonyl (C=O) groups is 1. The Morgan fingerprint density at radius 2 is 1.37 bits per heavy atom. The Kier molecular flexibility index (Phi) is 5.63. The Hall–Kier alpha value is -2.24. The van der Waals surface area contributed by atoms with Crippen LogP contribution in [0.5, 0.6) is 5.75 Å². The quantitative estimate of drug-likeness (QED) is 0.504. The highest BCUT2D eigenvalue weighted by Crippen LogP contribution is 2.35. The maximum Gasteiger partial charge on any atom is 0.265 e. The van der Waals surface area contributed by atoms with E-state index in [1.54, 1.807) is 30.3 Å². The Morgan fingerprint density at radius 3 is 1.93 bits per heavy atom. The summed E-state index contributed by atoms with van der Waals surface area (Å²) < 4.78 is 0. The largest absolute Gasteiger partial charge is 0.508 e. The van der Waals surface area contributed by atoms with E-state index >= 15 is 0 Å². The van der Waals surface area contributed by atoms with Crippen molar-refractivity contribution in [2.24, 2.45) is 0 Å². The van der Waals surface area contributed by atoms with Gasteiger partial charge in [-0.2, -0.15) is 0 Å². The summed E-state index contributed by atoms with van der Waals surface area (Å²) in [7, 11) is 0. The van der Waals surface area contributed by atoms with Gasteiger partial charge in [-0.1, -0.05) is 77.3 Å². The third kappa shape index (κ3) is 3.89. The van der Waals surface area contributed by atoms with Crippen LogP contribution in [0.25, 0.3) is 0 Å². The molecule has 1 amide bonds. The highest BCUT2D eigenvalue weighted by molar-refractivity contribution is 6.48. The fourth-order valence-electron chi connectivity index (χ4n) is 2.66. The Labute approximate surface area is 170 Å². The SMILES string of the molecule is O=C(Nc1cc(Cl)c(Cl)c(Cl)c1)C(O)(c1ccccc1)c1ccc(O)cc1. The molecule has 27 heavy (non-hydrogen) atoms. The minimum absolute atomic E-state index is 0.0193. The fraction of sp³-hybridized carbons (Fsp3) is 0.0500. The summed E-state index contributed by atoms with van der Waals surface area (Å²) in [5.41, 5.74) is -1.07. The number of benzene rings is 3. The van der Waals surface area contributed by atoms with E-state index in [-0.39, 0.29) is 32.1 Å². The number of amides is 1. The molecule has 0 heterocycles. The van der Waals surface area contributed by atoms with Crippen molar-refractivity contribution in [3.63, 3.8) is 0 Å². The van der Waals surface area contributed by atoms with Gasteiger partial charge in [0, 0.05) is 5.69 Å². The molecule has 3 N–H and O–H groups in total. The number of aromatic hydroxyl groups is 1. The molecule has 0 bridgehead atoms. The van der Waals surface area contributed by atoms with Crippen LogP contribution in [0.2, 0.25) is 15.1 Å². The zero-order valence-corrected chi connectivity index (χ0v) is 16.1. The lowest BCUT2D eigenvalue weighted by Gasteiger charge is -2.28. The third-order valence-electron chi connectivity index (χ3n) is 4.05. The van der Waals surface area contributed by atoms with Gasteiger partial charge in [0.15, 0.2) is 5.60 Å². The van der Waals surface area contributed by atoms with E-state index in [2.05, 4.69) is 5.32 Å². The van der Waals surface area contributed by atoms with Gasteiger partial charge in [0.05, 0.1) is 15.1 Å². The summed E-state index contributed by atoms with van der Waals surface area (Å²) in [6.07, 6.45) is 0. The predicted octanol–water partition coefficient (Wildman–Crippen LogP) is 5.23. The van der Waals surface area contributed by atoms with Crippen molar-refractivity contribution in [2.75, 3.05) is 5.32 Å². The van der Waals surface area contributed by atoms with Crippen molar-refractivity contribution in [2.45, 2.75) is 5.60 Å². The third-order valence-corrected chi connectivity index (χ3v) is 5.24. The van der Waals surface area contributed by atoms with Crippen LogP contribution in [0.1, 0.15) is 11.1 Å². The lowest BCUT2D eigenvalue weighted by Crippen LogP contribution is -2.41. The highest BCUT2D eigenvalue weighted by Gasteiger charge is 2.40. The summed E-state index contributed by atoms with van der Waals surface area (Å²) in [5.74, 6) is -0.695. The molecular formula is C20H14Cl3NO3. The monoisotopic (exact) mass is 421 g/mol. The molecule has 3 aromatic rings. The van der Waals surface area contributed by atoms with E-state index in [9.17, 15) is 15.0 Å². The maximum absolute atomic E-state index is 13.1. The maximum atomic E-state index is 13.1. The van der Waals surface area contributed by atoms with Crippen molar-refractivity contribution >= 4 is 46.4 Å². The second kappa shape index (κ2) is 7.79. The van der Waals surface area contributed by atoms with Gasteiger partial charge in [-0.05, 0) is 35.4 Å². The molecule has 3 rings (SSSR count). The summed E-state index contributed by atoms with van der Waals surface area (Å²) >= 11 is 18.0. The van der Waals surface area contributed by atoms with Crippen molar-refractivity contribution in [3.05, 3.63) is 92.9 Å². The number of hydrogen-bond acceptors (Lipinski definition) is 3. The smallest absolute Gasteiger partial charge is 0.265 e. The van der Waals surface area contributed by atoms with Gasteiger partial charge >= 0.3 is 0 Å². The number of phenolic OH excluding ortho intramolecular Hbond substituents is 1. The van der Waals surface area contributed by atoms with Crippen LogP contribution in [-0.4, -0.2) is 16.1 Å². The molecule has 0 aromatic heterocycles. The molecule has 1 unspecified atom stereocenters. The summed E-state index contributed by atoms with van der Waals surface area (Å²) in [4.78, 5) is 13.1. The van der Waals surface area contributed by atoms with Crippen molar-refractivity contribution < 1.29 is 15.0 Å².